The monoisotopic (exact) mass is 637 g/mol. The fraction of sp³-hybridized carbons (Fsp3) is 0.194. The zero-order chi connectivity index (χ0) is 31.2. The first-order chi connectivity index (χ1) is 20.5. The van der Waals surface area contributed by atoms with Gasteiger partial charge >= 0.3 is 5.97 Å². The van der Waals surface area contributed by atoms with Crippen LogP contribution in [-0.2, 0) is 14.4 Å². The first kappa shape index (κ1) is 30.3. The number of hydrogen-bond donors (Lipinski definition) is 1. The highest BCUT2D eigenvalue weighted by atomic mass is 35.5. The number of carboxylic acid groups (broad SMARTS) is 1. The average Bonchev–Trinajstić information content (AvgIpc) is 3.26. The number of hydrogen-bond acceptors (Lipinski definition) is 6. The maximum atomic E-state index is 14.2. The quantitative estimate of drug-likeness (QED) is 0.301. The van der Waals surface area contributed by atoms with Crippen molar-refractivity contribution in [3.8, 4) is 0 Å². The lowest BCUT2D eigenvalue weighted by atomic mass is 9.94. The van der Waals surface area contributed by atoms with Gasteiger partial charge in [-0.3, -0.25) is 14.5 Å². The van der Waals surface area contributed by atoms with Crippen LogP contribution in [0, 0.1) is 13.8 Å². The van der Waals surface area contributed by atoms with Gasteiger partial charge in [-0.05, 0) is 75.2 Å². The Hall–Kier alpha value is -4.18. The predicted molar refractivity (Wildman–Crippen MR) is 172 cm³/mol. The summed E-state index contributed by atoms with van der Waals surface area (Å²) >= 11 is 18.9. The second kappa shape index (κ2) is 11.8. The van der Waals surface area contributed by atoms with Crippen LogP contribution in [0.15, 0.2) is 75.8 Å². The topological polar surface area (TPSA) is 106 Å². The van der Waals surface area contributed by atoms with Crippen molar-refractivity contribution in [2.75, 3.05) is 27.9 Å². The van der Waals surface area contributed by atoms with Crippen molar-refractivity contribution < 1.29 is 19.5 Å². The van der Waals surface area contributed by atoms with Crippen LogP contribution in [0.4, 0.5) is 22.7 Å². The SMILES string of the molecule is CCN(CC)c1cc(C)c(N=C2C(=O)N(c3ccccc3)C3=NN(c4c(Cl)cc(Cl)cc4Cl)C(=O)C3=C2C(=O)O)c(C)c1. The molecule has 0 radical (unpaired) electrons. The fourth-order valence-corrected chi connectivity index (χ4v) is 6.18. The van der Waals surface area contributed by atoms with E-state index < -0.39 is 29.1 Å². The number of fused-ring (bicyclic) bond motifs is 1. The van der Waals surface area contributed by atoms with Gasteiger partial charge in [0.05, 0.1) is 21.4 Å². The molecule has 0 bridgehead atoms. The average molecular weight is 639 g/mol. The van der Waals surface area contributed by atoms with Crippen molar-refractivity contribution in [2.45, 2.75) is 27.7 Å². The number of halogens is 3. The van der Waals surface area contributed by atoms with Crippen molar-refractivity contribution in [1.29, 1.82) is 0 Å². The first-order valence-corrected chi connectivity index (χ1v) is 14.5. The highest BCUT2D eigenvalue weighted by Gasteiger charge is 2.49. The van der Waals surface area contributed by atoms with Crippen molar-refractivity contribution in [3.05, 3.63) is 91.9 Å². The number of para-hydroxylation sites is 1. The Bertz CT molecular complexity index is 1740. The fourth-order valence-electron chi connectivity index (χ4n) is 5.20. The molecule has 0 atom stereocenters. The largest absolute Gasteiger partial charge is 0.478 e. The second-order valence-electron chi connectivity index (χ2n) is 9.85. The molecule has 12 heteroatoms. The minimum absolute atomic E-state index is 0.00509. The number of benzene rings is 3. The van der Waals surface area contributed by atoms with E-state index in [1.165, 1.54) is 17.0 Å². The highest BCUT2D eigenvalue weighted by Crippen LogP contribution is 2.42. The molecule has 1 N–H and O–H groups in total. The van der Waals surface area contributed by atoms with Crippen LogP contribution in [0.5, 0.6) is 0 Å². The molecule has 2 aliphatic heterocycles. The number of amides is 2. The van der Waals surface area contributed by atoms with E-state index in [1.807, 2.05) is 26.0 Å². The Morgan fingerprint density at radius 3 is 2.05 bits per heavy atom. The predicted octanol–water partition coefficient (Wildman–Crippen LogP) is 6.97. The molecule has 0 fully saturated rings. The number of carbonyl (C=O) groups excluding carboxylic acids is 2. The lowest BCUT2D eigenvalue weighted by molar-refractivity contribution is -0.132. The third kappa shape index (κ3) is 5.29. The number of aliphatic imine (C=N–C) groups is 1. The van der Waals surface area contributed by atoms with Crippen molar-refractivity contribution in [2.24, 2.45) is 10.1 Å². The maximum Gasteiger partial charge on any atom is 0.339 e. The number of aliphatic carboxylic acids is 1. The molecule has 3 aromatic carbocycles. The van der Waals surface area contributed by atoms with Crippen LogP contribution >= 0.6 is 34.8 Å². The summed E-state index contributed by atoms with van der Waals surface area (Å²) in [6.45, 7) is 9.39. The van der Waals surface area contributed by atoms with E-state index in [0.717, 1.165) is 34.9 Å². The Morgan fingerprint density at radius 2 is 1.51 bits per heavy atom. The maximum absolute atomic E-state index is 14.2. The van der Waals surface area contributed by atoms with Gasteiger partial charge in [0.1, 0.15) is 22.5 Å². The molecule has 0 saturated carbocycles. The van der Waals surface area contributed by atoms with Crippen molar-refractivity contribution in [3.63, 3.8) is 0 Å². The van der Waals surface area contributed by atoms with E-state index in [4.69, 9.17) is 34.8 Å². The van der Waals surface area contributed by atoms with Crippen LogP contribution in [0.3, 0.4) is 0 Å². The number of rotatable bonds is 7. The second-order valence-corrected chi connectivity index (χ2v) is 11.1. The molecule has 2 heterocycles. The third-order valence-corrected chi connectivity index (χ3v) is 7.97. The number of anilines is 3. The Balaban J connectivity index is 1.78. The number of carboxylic acids is 1. The number of carbonyl (C=O) groups is 3. The van der Waals surface area contributed by atoms with Gasteiger partial charge in [0.15, 0.2) is 5.84 Å². The molecule has 220 valence electrons. The lowest BCUT2D eigenvalue weighted by Gasteiger charge is -2.28. The molecule has 9 nitrogen and oxygen atoms in total. The van der Waals surface area contributed by atoms with Gasteiger partial charge in [0.25, 0.3) is 11.8 Å². The summed E-state index contributed by atoms with van der Waals surface area (Å²) in [5, 5.41) is 16.0. The number of hydrazone groups is 1. The summed E-state index contributed by atoms with van der Waals surface area (Å²) in [4.78, 5) is 49.0. The van der Waals surface area contributed by atoms with Gasteiger partial charge in [-0.1, -0.05) is 53.0 Å². The van der Waals surface area contributed by atoms with Gasteiger partial charge in [0, 0.05) is 23.8 Å². The van der Waals surface area contributed by atoms with Crippen LogP contribution in [0.2, 0.25) is 15.1 Å². The molecule has 0 aromatic heterocycles. The zero-order valence-electron chi connectivity index (χ0n) is 23.7. The summed E-state index contributed by atoms with van der Waals surface area (Å²) < 4.78 is 0. The van der Waals surface area contributed by atoms with Crippen LogP contribution in [-0.4, -0.2) is 47.5 Å². The van der Waals surface area contributed by atoms with Crippen LogP contribution < -0.4 is 14.8 Å². The molecule has 3 aromatic rings. The van der Waals surface area contributed by atoms with Gasteiger partial charge in [-0.15, -0.1) is 5.10 Å². The summed E-state index contributed by atoms with van der Waals surface area (Å²) in [5.74, 6) is -3.31. The van der Waals surface area contributed by atoms with Crippen LogP contribution in [0.1, 0.15) is 25.0 Å². The van der Waals surface area contributed by atoms with Gasteiger partial charge in [-0.25, -0.2) is 9.79 Å². The minimum Gasteiger partial charge on any atom is -0.478 e. The molecular weight excluding hydrogens is 613 g/mol. The van der Waals surface area contributed by atoms with Crippen molar-refractivity contribution in [1.82, 2.24) is 0 Å². The van der Waals surface area contributed by atoms with Crippen molar-refractivity contribution >= 4 is 86.9 Å². The molecular formula is C31H26Cl3N5O4. The Kier molecular flexibility index (Phi) is 8.34. The minimum atomic E-state index is -1.51. The Labute approximate surface area is 263 Å². The number of amidine groups is 1. The molecule has 43 heavy (non-hydrogen) atoms. The van der Waals surface area contributed by atoms with E-state index in [0.29, 0.717) is 11.4 Å². The number of aryl methyl sites for hydroxylation is 2. The van der Waals surface area contributed by atoms with E-state index in [1.54, 1.807) is 30.3 Å². The smallest absolute Gasteiger partial charge is 0.339 e. The summed E-state index contributed by atoms with van der Waals surface area (Å²) in [6, 6.07) is 15.1. The zero-order valence-corrected chi connectivity index (χ0v) is 25.9. The summed E-state index contributed by atoms with van der Waals surface area (Å²) in [7, 11) is 0. The van der Waals surface area contributed by atoms with Gasteiger partial charge < -0.3 is 10.0 Å². The summed E-state index contributed by atoms with van der Waals surface area (Å²) in [6.07, 6.45) is 0. The number of nitrogens with zero attached hydrogens (tertiary/aromatic N) is 5. The highest BCUT2D eigenvalue weighted by molar-refractivity contribution is 6.65. The molecule has 2 aliphatic rings. The molecule has 0 aliphatic carbocycles. The Morgan fingerprint density at radius 1 is 0.930 bits per heavy atom. The molecule has 0 unspecified atom stereocenters. The molecule has 5 rings (SSSR count). The molecule has 0 saturated heterocycles. The first-order valence-electron chi connectivity index (χ1n) is 13.4. The van der Waals surface area contributed by atoms with E-state index in [9.17, 15) is 19.5 Å². The standard InChI is InChI=1S/C31H26Cl3N5O4/c1-5-37(6-2)20-12-16(3)25(17(4)13-20)35-26-23(31(42)43)24-28(38(30(26)41)19-10-8-7-9-11-19)36-39(29(24)40)27-21(33)14-18(32)15-22(27)34/h7-15H,5-6H2,1-4H3,(H,42,43). The van der Waals surface area contributed by atoms with E-state index in [2.05, 4.69) is 28.8 Å². The van der Waals surface area contributed by atoms with Gasteiger partial charge in [0.2, 0.25) is 0 Å². The normalized spacial score (nSPS) is 15.8. The van der Waals surface area contributed by atoms with Gasteiger partial charge in [-0.2, -0.15) is 5.01 Å². The van der Waals surface area contributed by atoms with E-state index >= 15 is 0 Å². The summed E-state index contributed by atoms with van der Waals surface area (Å²) in [5.41, 5.74) is 1.93. The van der Waals surface area contributed by atoms with E-state index in [-0.39, 0.29) is 32.2 Å². The third-order valence-electron chi connectivity index (χ3n) is 7.18. The molecule has 2 amide bonds. The molecule has 0 spiro atoms. The van der Waals surface area contributed by atoms with Crippen LogP contribution in [0.25, 0.3) is 0 Å². The lowest BCUT2D eigenvalue weighted by Crippen LogP contribution is -2.49.